The highest BCUT2D eigenvalue weighted by molar-refractivity contribution is 6.34. The van der Waals surface area contributed by atoms with E-state index in [0.717, 1.165) is 32.7 Å². The number of ether oxygens (including phenoxy) is 1. The van der Waals surface area contributed by atoms with Gasteiger partial charge < -0.3 is 4.74 Å². The molecule has 7 nitrogen and oxygen atoms in total. The number of rotatable bonds is 5. The minimum Gasteiger partial charge on any atom is -0.455 e. The molecule has 1 saturated heterocycles. The molecule has 2 fully saturated rings. The number of fused-ring (bicyclic) bond motifs is 13. The van der Waals surface area contributed by atoms with Gasteiger partial charge in [-0.25, -0.2) is 4.90 Å². The van der Waals surface area contributed by atoms with Crippen molar-refractivity contribution in [3.63, 3.8) is 0 Å². The summed E-state index contributed by atoms with van der Waals surface area (Å²) in [7, 11) is 0. The summed E-state index contributed by atoms with van der Waals surface area (Å²) in [5, 5.41) is 22.8. The Labute approximate surface area is 309 Å². The van der Waals surface area contributed by atoms with Crippen molar-refractivity contribution in [2.75, 3.05) is 4.90 Å². The fourth-order valence-electron chi connectivity index (χ4n) is 9.82. The Balaban J connectivity index is 1.28. The number of benzene rings is 7. The van der Waals surface area contributed by atoms with Crippen molar-refractivity contribution >= 4 is 44.8 Å². The third-order valence-electron chi connectivity index (χ3n) is 11.7. The van der Waals surface area contributed by atoms with E-state index in [0.29, 0.717) is 11.1 Å². The summed E-state index contributed by atoms with van der Waals surface area (Å²) in [6.45, 7) is 0. The number of Topliss-reactive ketones (excluding diaryl/α,β-unsaturated/α-hetero) is 1. The van der Waals surface area contributed by atoms with Crippen molar-refractivity contribution in [1.82, 2.24) is 0 Å². The molecule has 1 aliphatic heterocycles. The molecule has 0 radical (unpaired) electrons. The van der Waals surface area contributed by atoms with Crippen molar-refractivity contribution in [3.05, 3.63) is 185 Å². The number of anilines is 1. The number of nitriles is 2. The summed E-state index contributed by atoms with van der Waals surface area (Å²) in [6.07, 6.45) is 0. The summed E-state index contributed by atoms with van der Waals surface area (Å²) in [5.74, 6) is -2.84. The number of nitrogens with zero attached hydrogens (tertiary/aromatic N) is 3. The molecule has 7 aromatic carbocycles. The maximum absolute atomic E-state index is 16.1. The van der Waals surface area contributed by atoms with E-state index in [-0.39, 0.29) is 34.1 Å². The lowest BCUT2D eigenvalue weighted by Crippen LogP contribution is -2.45. The zero-order chi connectivity index (χ0) is 36.8. The minimum absolute atomic E-state index is 0.136. The number of ketones is 1. The average molecular weight is 698 g/mol. The molecule has 54 heavy (non-hydrogen) atoms. The molecule has 0 unspecified atom stereocenters. The maximum atomic E-state index is 16.1. The van der Waals surface area contributed by atoms with Gasteiger partial charge in [0.25, 0.3) is 0 Å². The first-order chi connectivity index (χ1) is 26.5. The highest BCUT2D eigenvalue weighted by atomic mass is 16.5. The van der Waals surface area contributed by atoms with E-state index in [4.69, 9.17) is 4.74 Å². The quantitative estimate of drug-likeness (QED) is 0.132. The fourth-order valence-corrected chi connectivity index (χ4v) is 9.82. The zero-order valence-corrected chi connectivity index (χ0v) is 28.6. The summed E-state index contributed by atoms with van der Waals surface area (Å²) in [6, 6.07) is 50.3. The number of amides is 2. The third-order valence-corrected chi connectivity index (χ3v) is 11.7. The molecule has 10 rings (SSSR count). The van der Waals surface area contributed by atoms with Crippen LogP contribution in [-0.2, 0) is 25.2 Å². The summed E-state index contributed by atoms with van der Waals surface area (Å²) < 4.78 is 6.30. The average Bonchev–Trinajstić information content (AvgIpc) is 3.74. The van der Waals surface area contributed by atoms with Gasteiger partial charge in [0.15, 0.2) is 11.5 Å². The predicted octanol–water partition coefficient (Wildman–Crippen LogP) is 8.50. The first-order valence-corrected chi connectivity index (χ1v) is 17.7. The Bertz CT molecular complexity index is 2740. The number of hydrogen-bond donors (Lipinski definition) is 0. The van der Waals surface area contributed by atoms with E-state index in [9.17, 15) is 10.5 Å². The van der Waals surface area contributed by atoms with Crippen LogP contribution >= 0.6 is 0 Å². The van der Waals surface area contributed by atoms with Gasteiger partial charge in [-0.3, -0.25) is 14.4 Å². The Morgan fingerprint density at radius 2 is 0.981 bits per heavy atom. The van der Waals surface area contributed by atoms with Crippen LogP contribution in [-0.4, -0.2) is 17.6 Å². The molecule has 4 atom stereocenters. The highest BCUT2D eigenvalue weighted by Gasteiger charge is 2.82. The molecule has 1 saturated carbocycles. The Hall–Kier alpha value is -7.35. The lowest BCUT2D eigenvalue weighted by molar-refractivity contribution is -0.130. The normalized spacial score (nSPS) is 22.3. The molecule has 2 amide bonds. The van der Waals surface area contributed by atoms with Gasteiger partial charge in [-0.15, -0.1) is 0 Å². The predicted molar refractivity (Wildman–Crippen MR) is 203 cm³/mol. The van der Waals surface area contributed by atoms with Crippen molar-refractivity contribution < 1.29 is 19.1 Å². The zero-order valence-electron chi connectivity index (χ0n) is 28.6. The first kappa shape index (κ1) is 31.4. The van der Waals surface area contributed by atoms with Crippen LogP contribution in [0.1, 0.15) is 33.4 Å². The Morgan fingerprint density at radius 1 is 0.519 bits per heavy atom. The second-order valence-corrected chi connectivity index (χ2v) is 14.0. The standard InChI is InChI=1S/C47H27N3O4/c48-26-28-23-24-32(25-29(28)27-49)54-38-22-12-11-21-37(38)50-43(51)41-42(44(50)52)47(31-15-5-2-6-16-31)40-36-20-10-8-18-34(36)33-17-7-9-19-35(33)39(40)46(41,45(47)53)30-13-3-1-4-14-30/h1-25,41-42H/t41-,42+,46+,47-. The summed E-state index contributed by atoms with van der Waals surface area (Å²) in [5.41, 5.74) is 0.415. The van der Waals surface area contributed by atoms with E-state index in [1.807, 2.05) is 109 Å². The molecule has 2 aliphatic carbocycles. The van der Waals surface area contributed by atoms with Crippen LogP contribution in [0.25, 0.3) is 21.5 Å². The third kappa shape index (κ3) is 3.75. The molecule has 0 spiro atoms. The molecular formula is C47H27N3O4. The molecule has 7 heteroatoms. The molecule has 2 bridgehead atoms. The Morgan fingerprint density at radius 3 is 1.50 bits per heavy atom. The highest BCUT2D eigenvalue weighted by Crippen LogP contribution is 2.72. The van der Waals surface area contributed by atoms with E-state index >= 15 is 14.4 Å². The van der Waals surface area contributed by atoms with Crippen LogP contribution in [0.2, 0.25) is 0 Å². The fraction of sp³-hybridized carbons (Fsp3) is 0.0851. The summed E-state index contributed by atoms with van der Waals surface area (Å²) >= 11 is 0. The largest absolute Gasteiger partial charge is 0.455 e. The van der Waals surface area contributed by atoms with Gasteiger partial charge in [0.05, 0.1) is 39.5 Å². The molecule has 3 aliphatic rings. The van der Waals surface area contributed by atoms with E-state index in [2.05, 4.69) is 12.1 Å². The van der Waals surface area contributed by atoms with Crippen molar-refractivity contribution in [1.29, 1.82) is 10.5 Å². The first-order valence-electron chi connectivity index (χ1n) is 17.7. The van der Waals surface area contributed by atoms with Crippen LogP contribution in [0, 0.1) is 34.5 Å². The molecule has 1 heterocycles. The summed E-state index contributed by atoms with van der Waals surface area (Å²) in [4.78, 5) is 48.3. The van der Waals surface area contributed by atoms with E-state index in [1.54, 1.807) is 30.3 Å². The molecular weight excluding hydrogens is 671 g/mol. The van der Waals surface area contributed by atoms with Gasteiger partial charge in [-0.2, -0.15) is 10.5 Å². The SMILES string of the molecule is N#Cc1ccc(Oc2ccccc2N2C(=O)[C@@H]3[C@H](C2=O)[C@@]2(c4ccccc4)C(=O)[C@]3(c3ccccc3)c3c2c2ccccc2c2ccccc32)cc1C#N. The monoisotopic (exact) mass is 697 g/mol. The molecule has 254 valence electrons. The van der Waals surface area contributed by atoms with Gasteiger partial charge in [0.1, 0.15) is 17.9 Å². The molecule has 0 N–H and O–H groups in total. The number of para-hydroxylation sites is 2. The van der Waals surface area contributed by atoms with Crippen LogP contribution in [0.5, 0.6) is 11.5 Å². The maximum Gasteiger partial charge on any atom is 0.239 e. The second kappa shape index (κ2) is 11.3. The topological polar surface area (TPSA) is 111 Å². The minimum atomic E-state index is -1.51. The number of carbonyl (C=O) groups excluding carboxylic acids is 3. The lowest BCUT2D eigenvalue weighted by atomic mass is 9.59. The molecule has 7 aromatic rings. The number of carbonyl (C=O) groups is 3. The number of hydrogen-bond acceptors (Lipinski definition) is 6. The van der Waals surface area contributed by atoms with Crippen LogP contribution in [0.4, 0.5) is 5.69 Å². The van der Waals surface area contributed by atoms with Gasteiger partial charge in [0, 0.05) is 0 Å². The van der Waals surface area contributed by atoms with Crippen LogP contribution in [0.3, 0.4) is 0 Å². The van der Waals surface area contributed by atoms with Gasteiger partial charge in [0.2, 0.25) is 11.8 Å². The van der Waals surface area contributed by atoms with Crippen molar-refractivity contribution in [2.24, 2.45) is 11.8 Å². The smallest absolute Gasteiger partial charge is 0.239 e. The van der Waals surface area contributed by atoms with Crippen molar-refractivity contribution in [3.8, 4) is 23.6 Å². The van der Waals surface area contributed by atoms with Crippen LogP contribution < -0.4 is 9.64 Å². The van der Waals surface area contributed by atoms with Crippen LogP contribution in [0.15, 0.2) is 152 Å². The van der Waals surface area contributed by atoms with Gasteiger partial charge in [-0.1, -0.05) is 121 Å². The van der Waals surface area contributed by atoms with Crippen molar-refractivity contribution in [2.45, 2.75) is 10.8 Å². The number of imide groups is 1. The van der Waals surface area contributed by atoms with Gasteiger partial charge in [-0.05, 0) is 74.1 Å². The Kier molecular flexibility index (Phi) is 6.58. The van der Waals surface area contributed by atoms with Gasteiger partial charge >= 0.3 is 0 Å². The lowest BCUT2D eigenvalue weighted by Gasteiger charge is -2.38. The van der Waals surface area contributed by atoms with E-state index < -0.39 is 34.5 Å². The second-order valence-electron chi connectivity index (χ2n) is 14.0. The van der Waals surface area contributed by atoms with E-state index in [1.165, 1.54) is 17.0 Å². The molecule has 0 aromatic heterocycles.